The molecule has 2 aromatic carbocycles. The van der Waals surface area contributed by atoms with E-state index in [1.54, 1.807) is 36.4 Å². The monoisotopic (exact) mass is 348 g/mol. The molecule has 0 amide bonds. The molecule has 0 bridgehead atoms. The number of carbonyl (C=O) groups excluding carboxylic acids is 1. The molecule has 1 N–H and O–H groups in total. The van der Waals surface area contributed by atoms with Crippen LogP contribution in [0.2, 0.25) is 0 Å². The number of benzene rings is 2. The molecule has 0 saturated carbocycles. The zero-order valence-electron chi connectivity index (χ0n) is 14.0. The van der Waals surface area contributed by atoms with Crippen molar-refractivity contribution in [2.45, 2.75) is 19.8 Å². The van der Waals surface area contributed by atoms with Crippen LogP contribution in [0.15, 0.2) is 42.5 Å². The molecule has 2 aromatic rings. The van der Waals surface area contributed by atoms with Crippen LogP contribution in [-0.2, 0) is 15.7 Å². The van der Waals surface area contributed by atoms with Gasteiger partial charge in [0, 0.05) is 12.0 Å². The van der Waals surface area contributed by atoms with Gasteiger partial charge >= 0.3 is 5.97 Å². The van der Waals surface area contributed by atoms with Crippen LogP contribution in [0.4, 0.5) is 0 Å². The van der Waals surface area contributed by atoms with Crippen molar-refractivity contribution in [3.05, 3.63) is 53.6 Å². The van der Waals surface area contributed by atoms with Crippen LogP contribution >= 0.6 is 7.37 Å². The van der Waals surface area contributed by atoms with Crippen LogP contribution in [0.5, 0.6) is 11.5 Å². The normalized spacial score (nSPS) is 13.2. The molecule has 0 fully saturated rings. The van der Waals surface area contributed by atoms with E-state index in [0.717, 1.165) is 18.4 Å². The van der Waals surface area contributed by atoms with E-state index in [4.69, 9.17) is 9.47 Å². The lowest BCUT2D eigenvalue weighted by molar-refractivity contribution is 0.0600. The Morgan fingerprint density at radius 2 is 1.79 bits per heavy atom. The van der Waals surface area contributed by atoms with E-state index in [1.165, 1.54) is 13.8 Å². The van der Waals surface area contributed by atoms with Crippen LogP contribution in [-0.4, -0.2) is 24.6 Å². The van der Waals surface area contributed by atoms with Crippen LogP contribution < -0.4 is 10.0 Å². The van der Waals surface area contributed by atoms with Gasteiger partial charge in [-0.1, -0.05) is 13.3 Å². The molecule has 1 atom stereocenters. The van der Waals surface area contributed by atoms with Crippen molar-refractivity contribution < 1.29 is 23.7 Å². The van der Waals surface area contributed by atoms with E-state index in [2.05, 4.69) is 6.92 Å². The van der Waals surface area contributed by atoms with Gasteiger partial charge in [0.25, 0.3) is 0 Å². The highest BCUT2D eigenvalue weighted by molar-refractivity contribution is 7.65. The molecular formula is C18H21O5P. The van der Waals surface area contributed by atoms with E-state index in [0.29, 0.717) is 22.4 Å². The average Bonchev–Trinajstić information content (AvgIpc) is 2.54. The van der Waals surface area contributed by atoms with Crippen molar-refractivity contribution in [1.29, 1.82) is 0 Å². The van der Waals surface area contributed by atoms with Gasteiger partial charge in [0.2, 0.25) is 7.37 Å². The summed E-state index contributed by atoms with van der Waals surface area (Å²) in [5, 5.41) is 0.366. The standard InChI is InChI=1S/C18H21O5P/c1-4-5-13-10-14(18(19)22-2)12-16(11-13)23-15-6-8-17(9-7-15)24(3,20)21/h6-12H,4-5H2,1-3H3,(H,20,21). The zero-order chi connectivity index (χ0) is 17.7. The van der Waals surface area contributed by atoms with E-state index in [9.17, 15) is 14.3 Å². The Bertz CT molecular complexity index is 761. The number of aryl methyl sites for hydroxylation is 1. The summed E-state index contributed by atoms with van der Waals surface area (Å²) in [7, 11) is -1.94. The highest BCUT2D eigenvalue weighted by Crippen LogP contribution is 2.34. The summed E-state index contributed by atoms with van der Waals surface area (Å²) in [6.45, 7) is 3.35. The maximum atomic E-state index is 11.8. The van der Waals surface area contributed by atoms with E-state index in [1.807, 2.05) is 6.07 Å². The van der Waals surface area contributed by atoms with Crippen molar-refractivity contribution in [3.63, 3.8) is 0 Å². The summed E-state index contributed by atoms with van der Waals surface area (Å²) >= 11 is 0. The summed E-state index contributed by atoms with van der Waals surface area (Å²) in [4.78, 5) is 21.3. The molecule has 128 valence electrons. The molecule has 0 spiro atoms. The molecular weight excluding hydrogens is 327 g/mol. The fourth-order valence-corrected chi connectivity index (χ4v) is 3.02. The number of ether oxygens (including phenoxy) is 2. The number of hydrogen-bond acceptors (Lipinski definition) is 4. The van der Waals surface area contributed by atoms with Crippen LogP contribution in [0.3, 0.4) is 0 Å². The second-order valence-electron chi connectivity index (χ2n) is 5.58. The molecule has 5 nitrogen and oxygen atoms in total. The first kappa shape index (κ1) is 18.2. The van der Waals surface area contributed by atoms with Gasteiger partial charge in [0.15, 0.2) is 0 Å². The minimum atomic E-state index is -3.28. The van der Waals surface area contributed by atoms with Gasteiger partial charge in [-0.3, -0.25) is 4.57 Å². The molecule has 0 aromatic heterocycles. The number of esters is 1. The third-order valence-electron chi connectivity index (χ3n) is 3.48. The Labute approximate surface area is 141 Å². The van der Waals surface area contributed by atoms with Gasteiger partial charge in [-0.15, -0.1) is 0 Å². The Morgan fingerprint density at radius 3 is 2.33 bits per heavy atom. The summed E-state index contributed by atoms with van der Waals surface area (Å²) in [6, 6.07) is 11.7. The van der Waals surface area contributed by atoms with E-state index < -0.39 is 13.3 Å². The number of carbonyl (C=O) groups is 1. The third kappa shape index (κ3) is 4.70. The quantitative estimate of drug-likeness (QED) is 0.636. The Morgan fingerprint density at radius 1 is 1.12 bits per heavy atom. The highest BCUT2D eigenvalue weighted by Gasteiger charge is 2.14. The van der Waals surface area contributed by atoms with Crippen LogP contribution in [0, 0.1) is 0 Å². The van der Waals surface area contributed by atoms with Crippen molar-refractivity contribution in [2.75, 3.05) is 13.8 Å². The summed E-state index contributed by atoms with van der Waals surface area (Å²) < 4.78 is 22.2. The summed E-state index contributed by atoms with van der Waals surface area (Å²) in [6.07, 6.45) is 1.77. The predicted molar refractivity (Wildman–Crippen MR) is 93.7 cm³/mol. The zero-order valence-corrected chi connectivity index (χ0v) is 14.9. The van der Waals surface area contributed by atoms with E-state index >= 15 is 0 Å². The lowest BCUT2D eigenvalue weighted by Crippen LogP contribution is -2.03. The molecule has 24 heavy (non-hydrogen) atoms. The maximum Gasteiger partial charge on any atom is 0.337 e. The summed E-state index contributed by atoms with van der Waals surface area (Å²) in [5.74, 6) is 0.634. The largest absolute Gasteiger partial charge is 0.465 e. The number of rotatable bonds is 6. The first-order valence-corrected chi connectivity index (χ1v) is 9.75. The molecule has 0 aliphatic heterocycles. The predicted octanol–water partition coefficient (Wildman–Crippen LogP) is 3.74. The van der Waals surface area contributed by atoms with Crippen LogP contribution in [0.25, 0.3) is 0 Å². The molecule has 0 saturated heterocycles. The average molecular weight is 348 g/mol. The fourth-order valence-electron chi connectivity index (χ4n) is 2.32. The molecule has 2 rings (SSSR count). The smallest absolute Gasteiger partial charge is 0.337 e. The highest BCUT2D eigenvalue weighted by atomic mass is 31.2. The number of methoxy groups -OCH3 is 1. The second kappa shape index (κ2) is 7.65. The van der Waals surface area contributed by atoms with Crippen molar-refractivity contribution >= 4 is 18.6 Å². The van der Waals surface area contributed by atoms with Crippen molar-refractivity contribution in [2.24, 2.45) is 0 Å². The molecule has 0 radical (unpaired) electrons. The minimum Gasteiger partial charge on any atom is -0.465 e. The fraction of sp³-hybridized carbons (Fsp3) is 0.278. The summed E-state index contributed by atoms with van der Waals surface area (Å²) in [5.41, 5.74) is 1.42. The molecule has 0 aliphatic carbocycles. The molecule has 0 aliphatic rings. The molecule has 6 heteroatoms. The lowest BCUT2D eigenvalue weighted by atomic mass is 10.1. The van der Waals surface area contributed by atoms with Crippen molar-refractivity contribution in [1.82, 2.24) is 0 Å². The molecule has 0 heterocycles. The van der Waals surface area contributed by atoms with Gasteiger partial charge in [0.05, 0.1) is 12.7 Å². The number of hydrogen-bond donors (Lipinski definition) is 1. The van der Waals surface area contributed by atoms with Gasteiger partial charge in [-0.2, -0.15) is 0 Å². The lowest BCUT2D eigenvalue weighted by Gasteiger charge is -2.11. The first-order valence-electron chi connectivity index (χ1n) is 7.64. The van der Waals surface area contributed by atoms with Crippen molar-refractivity contribution in [3.8, 4) is 11.5 Å². The minimum absolute atomic E-state index is 0.366. The Balaban J connectivity index is 2.29. The third-order valence-corrected chi connectivity index (χ3v) is 4.73. The van der Waals surface area contributed by atoms with Gasteiger partial charge in [-0.05, 0) is 54.4 Å². The van der Waals surface area contributed by atoms with Gasteiger partial charge < -0.3 is 14.4 Å². The maximum absolute atomic E-state index is 11.8. The topological polar surface area (TPSA) is 72.8 Å². The van der Waals surface area contributed by atoms with Gasteiger partial charge in [0.1, 0.15) is 11.5 Å². The van der Waals surface area contributed by atoms with Crippen LogP contribution in [0.1, 0.15) is 29.3 Å². The van der Waals surface area contributed by atoms with Gasteiger partial charge in [-0.25, -0.2) is 4.79 Å². The Kier molecular flexibility index (Phi) is 5.81. The van der Waals surface area contributed by atoms with E-state index in [-0.39, 0.29) is 0 Å². The Hall–Kier alpha value is -2.10. The SMILES string of the molecule is CCCc1cc(Oc2ccc(P(C)(=O)O)cc2)cc(C(=O)OC)c1. The first-order chi connectivity index (χ1) is 11.3. The second-order valence-corrected chi connectivity index (χ2v) is 7.86. The molecule has 1 unspecified atom stereocenters.